The summed E-state index contributed by atoms with van der Waals surface area (Å²) in [5.74, 6) is 0. The Bertz CT molecular complexity index is 140. The molecule has 0 atom stereocenters. The summed E-state index contributed by atoms with van der Waals surface area (Å²) in [5.41, 5.74) is 1.30. The molecular weight excluding hydrogens is 175 g/mol. The van der Waals surface area contributed by atoms with Gasteiger partial charge in [0.25, 0.3) is 0 Å². The second-order valence-electron chi connectivity index (χ2n) is 1.46. The SMILES string of the molecule is Cc1cc[nH][c]1[Ru]. The van der Waals surface area contributed by atoms with Crippen LogP contribution < -0.4 is 4.29 Å². The molecule has 0 aliphatic carbocycles. The van der Waals surface area contributed by atoms with E-state index in [1.807, 2.05) is 12.3 Å². The van der Waals surface area contributed by atoms with Gasteiger partial charge in [0, 0.05) is 0 Å². The molecule has 0 radical (unpaired) electrons. The van der Waals surface area contributed by atoms with E-state index in [4.69, 9.17) is 0 Å². The van der Waals surface area contributed by atoms with Gasteiger partial charge in [0.15, 0.2) is 0 Å². The van der Waals surface area contributed by atoms with Crippen molar-refractivity contribution in [2.45, 2.75) is 6.92 Å². The topological polar surface area (TPSA) is 15.8 Å². The number of aryl methyl sites for hydroxylation is 1. The van der Waals surface area contributed by atoms with Crippen molar-refractivity contribution in [3.8, 4) is 0 Å². The molecule has 7 heavy (non-hydrogen) atoms. The molecule has 0 aliphatic rings. The fourth-order valence-electron chi connectivity index (χ4n) is 0.423. The maximum absolute atomic E-state index is 3.04. The summed E-state index contributed by atoms with van der Waals surface area (Å²) < 4.78 is 1.19. The van der Waals surface area contributed by atoms with Gasteiger partial charge in [0.05, 0.1) is 0 Å². The van der Waals surface area contributed by atoms with E-state index < -0.39 is 0 Å². The second kappa shape index (κ2) is 1.79. The Labute approximate surface area is 52.8 Å². The van der Waals surface area contributed by atoms with E-state index in [1.165, 1.54) is 9.85 Å². The maximum atomic E-state index is 3.04. The molecule has 0 bridgehead atoms. The molecule has 0 amide bonds. The van der Waals surface area contributed by atoms with Crippen LogP contribution in [0.2, 0.25) is 0 Å². The van der Waals surface area contributed by atoms with Gasteiger partial charge in [-0.25, -0.2) is 0 Å². The number of H-pyrrole nitrogens is 1. The third-order valence-corrected chi connectivity index (χ3v) is 1.81. The van der Waals surface area contributed by atoms with E-state index in [9.17, 15) is 0 Å². The number of aromatic amines is 1. The summed E-state index contributed by atoms with van der Waals surface area (Å²) in [6.07, 6.45) is 1.93. The van der Waals surface area contributed by atoms with Crippen molar-refractivity contribution < 1.29 is 18.3 Å². The van der Waals surface area contributed by atoms with Gasteiger partial charge in [-0.3, -0.25) is 0 Å². The third kappa shape index (κ3) is 0.917. The Morgan fingerprint density at radius 2 is 2.43 bits per heavy atom. The quantitative estimate of drug-likeness (QED) is 0.561. The van der Waals surface area contributed by atoms with Crippen molar-refractivity contribution in [3.63, 3.8) is 0 Å². The normalized spacial score (nSPS) is 9.43. The Morgan fingerprint density at radius 1 is 1.71 bits per heavy atom. The van der Waals surface area contributed by atoms with Crippen molar-refractivity contribution >= 4 is 4.29 Å². The molecule has 1 nitrogen and oxygen atoms in total. The predicted molar refractivity (Wildman–Crippen MR) is 25.2 cm³/mol. The molecule has 1 aromatic rings. The average molecular weight is 181 g/mol. The molecular formula is C5H6NRu. The molecule has 39 valence electrons. The van der Waals surface area contributed by atoms with Gasteiger partial charge in [0.2, 0.25) is 0 Å². The van der Waals surface area contributed by atoms with Crippen LogP contribution in [-0.4, -0.2) is 4.98 Å². The van der Waals surface area contributed by atoms with Gasteiger partial charge in [-0.15, -0.1) is 0 Å². The fourth-order valence-corrected chi connectivity index (χ4v) is 0.712. The van der Waals surface area contributed by atoms with E-state index in [0.717, 1.165) is 0 Å². The van der Waals surface area contributed by atoms with Crippen molar-refractivity contribution in [2.24, 2.45) is 0 Å². The third-order valence-electron chi connectivity index (χ3n) is 0.876. The van der Waals surface area contributed by atoms with Gasteiger partial charge in [-0.2, -0.15) is 0 Å². The number of rotatable bonds is 0. The fraction of sp³-hybridized carbons (Fsp3) is 0.200. The molecule has 0 saturated heterocycles. The molecule has 1 heterocycles. The molecule has 1 aromatic heterocycles. The summed E-state index contributed by atoms with van der Waals surface area (Å²) in [7, 11) is 0. The summed E-state index contributed by atoms with van der Waals surface area (Å²) >= 11 is 2.53. The minimum atomic E-state index is 1.19. The first-order valence-electron chi connectivity index (χ1n) is 2.09. The van der Waals surface area contributed by atoms with Crippen LogP contribution in [0, 0.1) is 6.92 Å². The molecule has 0 aliphatic heterocycles. The molecule has 0 fully saturated rings. The molecule has 1 rings (SSSR count). The first-order chi connectivity index (χ1) is 3.30. The molecule has 0 saturated carbocycles. The van der Waals surface area contributed by atoms with E-state index in [1.54, 1.807) is 0 Å². The van der Waals surface area contributed by atoms with Crippen LogP contribution in [0.1, 0.15) is 5.56 Å². The predicted octanol–water partition coefficient (Wildman–Crippen LogP) is 0.495. The number of hydrogen-bond acceptors (Lipinski definition) is 0. The van der Waals surface area contributed by atoms with Crippen LogP contribution in [-0.2, 0) is 18.3 Å². The van der Waals surface area contributed by atoms with E-state index in [0.29, 0.717) is 0 Å². The van der Waals surface area contributed by atoms with Crippen LogP contribution in [0.3, 0.4) is 0 Å². The van der Waals surface area contributed by atoms with Crippen LogP contribution >= 0.6 is 0 Å². The molecule has 0 aromatic carbocycles. The Hall–Kier alpha value is -0.0966. The number of aromatic nitrogens is 1. The van der Waals surface area contributed by atoms with Crippen LogP contribution in [0.5, 0.6) is 0 Å². The Morgan fingerprint density at radius 3 is 2.57 bits per heavy atom. The molecule has 2 heteroatoms. The van der Waals surface area contributed by atoms with Crippen LogP contribution in [0.4, 0.5) is 0 Å². The molecule has 0 unspecified atom stereocenters. The first-order valence-corrected chi connectivity index (χ1v) is 2.96. The Balaban J connectivity index is 3.12. The second-order valence-corrected chi connectivity index (χ2v) is 2.33. The Kier molecular flexibility index (Phi) is 1.29. The monoisotopic (exact) mass is 182 g/mol. The van der Waals surface area contributed by atoms with Gasteiger partial charge >= 0.3 is 52.3 Å². The number of hydrogen-bond donors (Lipinski definition) is 1. The first kappa shape index (κ1) is 5.05. The number of nitrogens with one attached hydrogen (secondary N) is 1. The van der Waals surface area contributed by atoms with Crippen molar-refractivity contribution in [2.75, 3.05) is 0 Å². The standard InChI is InChI=1S/C5H6N.Ru/c1-5-2-3-6-4-5;/h2-3,6H,1H3;. The van der Waals surface area contributed by atoms with Gasteiger partial charge in [-0.1, -0.05) is 0 Å². The van der Waals surface area contributed by atoms with E-state index in [-0.39, 0.29) is 0 Å². The zero-order valence-corrected chi connectivity index (χ0v) is 5.75. The van der Waals surface area contributed by atoms with Crippen molar-refractivity contribution in [3.05, 3.63) is 17.8 Å². The van der Waals surface area contributed by atoms with E-state index >= 15 is 0 Å². The van der Waals surface area contributed by atoms with Gasteiger partial charge in [0.1, 0.15) is 0 Å². The zero-order valence-electron chi connectivity index (χ0n) is 4.01. The summed E-state index contributed by atoms with van der Waals surface area (Å²) in [6, 6.07) is 2.05. The molecule has 0 spiro atoms. The minimum absolute atomic E-state index is 1.19. The summed E-state index contributed by atoms with van der Waals surface area (Å²) in [5, 5.41) is 0. The summed E-state index contributed by atoms with van der Waals surface area (Å²) in [4.78, 5) is 3.04. The van der Waals surface area contributed by atoms with Gasteiger partial charge < -0.3 is 0 Å². The molecule has 1 N–H and O–H groups in total. The summed E-state index contributed by atoms with van der Waals surface area (Å²) in [6.45, 7) is 2.07. The van der Waals surface area contributed by atoms with Crippen molar-refractivity contribution in [1.82, 2.24) is 4.98 Å². The average Bonchev–Trinajstić information content (AvgIpc) is 1.91. The van der Waals surface area contributed by atoms with Crippen LogP contribution in [0.25, 0.3) is 0 Å². The van der Waals surface area contributed by atoms with Crippen molar-refractivity contribution in [1.29, 1.82) is 0 Å². The van der Waals surface area contributed by atoms with E-state index in [2.05, 4.69) is 30.2 Å². The zero-order chi connectivity index (χ0) is 5.28. The van der Waals surface area contributed by atoms with Gasteiger partial charge in [-0.05, 0) is 0 Å². The van der Waals surface area contributed by atoms with Crippen LogP contribution in [0.15, 0.2) is 12.3 Å².